The van der Waals surface area contributed by atoms with Crippen LogP contribution in [0, 0.1) is 0 Å². The Morgan fingerprint density at radius 2 is 1.78 bits per heavy atom. The summed E-state index contributed by atoms with van der Waals surface area (Å²) in [4.78, 5) is 2.31. The molecule has 2 heteroatoms. The molecule has 88 valence electrons. The quantitative estimate of drug-likeness (QED) is 0.751. The van der Waals surface area contributed by atoms with Gasteiger partial charge in [0.25, 0.3) is 0 Å². The smallest absolute Gasteiger partial charge is 0.126 e. The van der Waals surface area contributed by atoms with Gasteiger partial charge in [0.15, 0.2) is 0 Å². The van der Waals surface area contributed by atoms with E-state index in [4.69, 9.17) is 0 Å². The van der Waals surface area contributed by atoms with E-state index in [0.717, 1.165) is 0 Å². The number of anilines is 2. The zero-order chi connectivity index (χ0) is 12.1. The summed E-state index contributed by atoms with van der Waals surface area (Å²) in [7, 11) is 2.15. The van der Waals surface area contributed by atoms with Crippen molar-refractivity contribution in [2.24, 2.45) is 0 Å². The van der Waals surface area contributed by atoms with Crippen molar-refractivity contribution in [1.29, 1.82) is 0 Å². The zero-order valence-corrected chi connectivity index (χ0v) is 10.2. The first-order valence-corrected chi connectivity index (χ1v) is 6.24. The highest BCUT2D eigenvalue weighted by Gasteiger charge is 2.32. The first-order valence-electron chi connectivity index (χ1n) is 6.24. The van der Waals surface area contributed by atoms with Crippen LogP contribution in [-0.4, -0.2) is 13.2 Å². The van der Waals surface area contributed by atoms with Crippen LogP contribution in [0.3, 0.4) is 0 Å². The number of fused-ring (bicyclic) bond motifs is 4. The van der Waals surface area contributed by atoms with Crippen LogP contribution >= 0.6 is 0 Å². The summed E-state index contributed by atoms with van der Waals surface area (Å²) in [6.45, 7) is 0. The highest BCUT2D eigenvalue weighted by atomic mass is 15.3. The molecule has 0 aromatic heterocycles. The molecule has 2 aromatic rings. The van der Waals surface area contributed by atoms with Crippen molar-refractivity contribution in [3.8, 4) is 0 Å². The molecule has 1 N–H and O–H groups in total. The third kappa shape index (κ3) is 1.17. The lowest BCUT2D eigenvalue weighted by Gasteiger charge is -2.33. The summed E-state index contributed by atoms with van der Waals surface area (Å²) in [6, 6.07) is 17.1. The van der Waals surface area contributed by atoms with Crippen LogP contribution < -0.4 is 10.2 Å². The van der Waals surface area contributed by atoms with Gasteiger partial charge in [0.05, 0.1) is 0 Å². The molecular formula is C16H14N2. The molecule has 0 radical (unpaired) electrons. The molecule has 18 heavy (non-hydrogen) atoms. The van der Waals surface area contributed by atoms with Crippen molar-refractivity contribution < 1.29 is 0 Å². The van der Waals surface area contributed by atoms with E-state index < -0.39 is 0 Å². The van der Waals surface area contributed by atoms with Crippen LogP contribution in [0.1, 0.15) is 11.1 Å². The number of hydrogen-bond donors (Lipinski definition) is 1. The lowest BCUT2D eigenvalue weighted by atomic mass is 9.97. The molecule has 0 spiro atoms. The number of para-hydroxylation sites is 2. The number of nitrogens with zero attached hydrogens (tertiary/aromatic N) is 1. The molecular weight excluding hydrogens is 220 g/mol. The van der Waals surface area contributed by atoms with E-state index in [0.29, 0.717) is 0 Å². The van der Waals surface area contributed by atoms with E-state index in [1.54, 1.807) is 0 Å². The third-order valence-corrected chi connectivity index (χ3v) is 3.84. The predicted octanol–water partition coefficient (Wildman–Crippen LogP) is 3.43. The van der Waals surface area contributed by atoms with Crippen LogP contribution in [0.2, 0.25) is 0 Å². The normalized spacial score (nSPS) is 19.5. The van der Waals surface area contributed by atoms with E-state index in [-0.39, 0.29) is 6.17 Å². The molecule has 1 unspecified atom stereocenters. The number of hydrogen-bond acceptors (Lipinski definition) is 2. The molecule has 0 saturated carbocycles. The summed E-state index contributed by atoms with van der Waals surface area (Å²) in [6.07, 6.45) is 2.57. The minimum Gasteiger partial charge on any atom is -0.361 e. The first kappa shape index (κ1) is 9.77. The Kier molecular flexibility index (Phi) is 1.84. The van der Waals surface area contributed by atoms with Crippen LogP contribution in [0.5, 0.6) is 0 Å². The monoisotopic (exact) mass is 234 g/mol. The molecule has 2 nitrogen and oxygen atoms in total. The van der Waals surface area contributed by atoms with Crippen molar-refractivity contribution in [3.63, 3.8) is 0 Å². The maximum absolute atomic E-state index is 3.58. The molecule has 2 aromatic carbocycles. The highest BCUT2D eigenvalue weighted by Crippen LogP contribution is 2.42. The largest absolute Gasteiger partial charge is 0.361 e. The topological polar surface area (TPSA) is 15.3 Å². The van der Waals surface area contributed by atoms with Gasteiger partial charge in [-0.3, -0.25) is 0 Å². The second kappa shape index (κ2) is 3.39. The highest BCUT2D eigenvalue weighted by molar-refractivity contribution is 6.00. The fourth-order valence-electron chi connectivity index (χ4n) is 2.93. The number of nitrogens with one attached hydrogen (secondary N) is 1. The summed E-state index contributed by atoms with van der Waals surface area (Å²) in [5.74, 6) is 0. The number of rotatable bonds is 0. The average molecular weight is 234 g/mol. The van der Waals surface area contributed by atoms with E-state index in [2.05, 4.69) is 71.9 Å². The Hall–Kier alpha value is -2.22. The van der Waals surface area contributed by atoms with Crippen molar-refractivity contribution in [3.05, 3.63) is 59.7 Å². The van der Waals surface area contributed by atoms with Gasteiger partial charge >= 0.3 is 0 Å². The Morgan fingerprint density at radius 3 is 2.72 bits per heavy atom. The van der Waals surface area contributed by atoms with Crippen LogP contribution in [0.25, 0.3) is 11.6 Å². The van der Waals surface area contributed by atoms with Crippen molar-refractivity contribution in [1.82, 2.24) is 0 Å². The molecule has 4 rings (SSSR count). The minimum absolute atomic E-state index is 0.261. The van der Waals surface area contributed by atoms with Crippen molar-refractivity contribution in [2.75, 3.05) is 17.3 Å². The fraction of sp³-hybridized carbons (Fsp3) is 0.125. The molecule has 0 saturated heterocycles. The summed E-state index contributed by atoms with van der Waals surface area (Å²) in [5.41, 5.74) is 6.50. The Labute approximate surface area is 107 Å². The molecule has 2 heterocycles. The molecule has 1 atom stereocenters. The molecule has 0 bridgehead atoms. The van der Waals surface area contributed by atoms with E-state index >= 15 is 0 Å². The van der Waals surface area contributed by atoms with Gasteiger partial charge in [-0.25, -0.2) is 0 Å². The standard InChI is InChI=1S/C16H14N2/c1-18-15-9-5-2-6-11(15)10-13-12-7-3-4-8-14(12)17-16(13)18/h2-10,16-17H,1H3. The third-order valence-electron chi connectivity index (χ3n) is 3.84. The maximum atomic E-state index is 3.58. The SMILES string of the molecule is CN1c2ccccc2C=C2c3ccccc3NC21. The van der Waals surface area contributed by atoms with Gasteiger partial charge in [0, 0.05) is 29.6 Å². The Morgan fingerprint density at radius 1 is 1.00 bits per heavy atom. The van der Waals surface area contributed by atoms with Gasteiger partial charge in [0.1, 0.15) is 6.17 Å². The van der Waals surface area contributed by atoms with Gasteiger partial charge in [-0.1, -0.05) is 36.4 Å². The molecule has 0 fully saturated rings. The van der Waals surface area contributed by atoms with E-state index in [9.17, 15) is 0 Å². The lowest BCUT2D eigenvalue weighted by Crippen LogP contribution is -2.37. The molecule has 2 aliphatic rings. The van der Waals surface area contributed by atoms with Gasteiger partial charge in [0.2, 0.25) is 0 Å². The van der Waals surface area contributed by atoms with Gasteiger partial charge in [-0.2, -0.15) is 0 Å². The second-order valence-corrected chi connectivity index (χ2v) is 4.86. The van der Waals surface area contributed by atoms with E-state index in [1.165, 1.54) is 28.1 Å². The molecule has 2 aliphatic heterocycles. The van der Waals surface area contributed by atoms with E-state index in [1.807, 2.05) is 0 Å². The first-order chi connectivity index (χ1) is 8.84. The number of likely N-dealkylation sites (N-methyl/N-ethyl adjacent to an activating group) is 1. The Balaban J connectivity index is 1.95. The van der Waals surface area contributed by atoms with Crippen molar-refractivity contribution >= 4 is 23.0 Å². The van der Waals surface area contributed by atoms with Gasteiger partial charge in [-0.15, -0.1) is 0 Å². The second-order valence-electron chi connectivity index (χ2n) is 4.86. The fourth-order valence-corrected chi connectivity index (χ4v) is 2.93. The summed E-state index contributed by atoms with van der Waals surface area (Å²) in [5, 5.41) is 3.58. The summed E-state index contributed by atoms with van der Waals surface area (Å²) < 4.78 is 0. The minimum atomic E-state index is 0.261. The predicted molar refractivity (Wildman–Crippen MR) is 76.6 cm³/mol. The van der Waals surface area contributed by atoms with Gasteiger partial charge in [-0.05, 0) is 23.8 Å². The van der Waals surface area contributed by atoms with Gasteiger partial charge < -0.3 is 10.2 Å². The van der Waals surface area contributed by atoms with Crippen molar-refractivity contribution in [2.45, 2.75) is 6.17 Å². The average Bonchev–Trinajstić information content (AvgIpc) is 2.79. The van der Waals surface area contributed by atoms with Crippen LogP contribution in [0.15, 0.2) is 48.5 Å². The molecule has 0 amide bonds. The summed E-state index contributed by atoms with van der Waals surface area (Å²) >= 11 is 0. The Bertz CT molecular complexity index is 658. The lowest BCUT2D eigenvalue weighted by molar-refractivity contribution is 0.866. The maximum Gasteiger partial charge on any atom is 0.126 e. The molecule has 0 aliphatic carbocycles. The van der Waals surface area contributed by atoms with Crippen LogP contribution in [0.4, 0.5) is 11.4 Å². The number of benzene rings is 2. The zero-order valence-electron chi connectivity index (χ0n) is 10.2. The van der Waals surface area contributed by atoms with Crippen LogP contribution in [-0.2, 0) is 0 Å².